The maximum absolute atomic E-state index is 13.1. The van der Waals surface area contributed by atoms with E-state index in [0.29, 0.717) is 0 Å². The molecule has 98 valence electrons. The number of hydrogen-bond donors (Lipinski definition) is 2. The minimum atomic E-state index is -1.12. The normalized spacial score (nSPS) is 11.1. The molecule has 0 saturated heterocycles. The van der Waals surface area contributed by atoms with E-state index in [2.05, 4.69) is 5.32 Å². The average molecular weight is 256 g/mol. The zero-order valence-corrected chi connectivity index (χ0v) is 9.94. The summed E-state index contributed by atoms with van der Waals surface area (Å²) in [6.45, 7) is 2.93. The molecule has 6 nitrogen and oxygen atoms in total. The van der Waals surface area contributed by atoms with Crippen LogP contribution in [0.15, 0.2) is 18.2 Å². The van der Waals surface area contributed by atoms with Gasteiger partial charge in [-0.25, -0.2) is 4.39 Å². The van der Waals surface area contributed by atoms with E-state index in [9.17, 15) is 24.4 Å². The molecule has 0 saturated carbocycles. The molecular formula is C11H13FN2O4. The Morgan fingerprint density at radius 1 is 1.50 bits per heavy atom. The lowest BCUT2D eigenvalue weighted by Gasteiger charge is -2.17. The predicted octanol–water partition coefficient (Wildman–Crippen LogP) is 1.23. The van der Waals surface area contributed by atoms with Crippen molar-refractivity contribution in [3.63, 3.8) is 0 Å². The number of non-ortho nitro benzene ring substituents is 1. The number of benzene rings is 1. The standard InChI is InChI=1S/C11H13FN2O4/c1-11(2,16)6-13-10(15)7-3-8(12)5-9(4-7)14(17)18/h3-5,16H,6H2,1-2H3,(H,13,15). The molecule has 0 aliphatic rings. The summed E-state index contributed by atoms with van der Waals surface area (Å²) in [4.78, 5) is 21.3. The number of nitrogens with one attached hydrogen (secondary N) is 1. The number of carbonyl (C=O) groups excluding carboxylic acids is 1. The summed E-state index contributed by atoms with van der Waals surface area (Å²) in [5, 5.41) is 22.3. The van der Waals surface area contributed by atoms with Gasteiger partial charge in [0.15, 0.2) is 0 Å². The van der Waals surface area contributed by atoms with E-state index in [1.165, 1.54) is 13.8 Å². The Morgan fingerprint density at radius 2 is 2.11 bits per heavy atom. The monoisotopic (exact) mass is 256 g/mol. The number of amides is 1. The molecule has 1 rings (SSSR count). The fraction of sp³-hybridized carbons (Fsp3) is 0.364. The highest BCUT2D eigenvalue weighted by atomic mass is 19.1. The lowest BCUT2D eigenvalue weighted by atomic mass is 10.1. The molecule has 1 aromatic rings. The molecule has 18 heavy (non-hydrogen) atoms. The molecule has 0 atom stereocenters. The molecule has 1 aromatic carbocycles. The van der Waals surface area contributed by atoms with E-state index >= 15 is 0 Å². The van der Waals surface area contributed by atoms with Crippen LogP contribution in [0.4, 0.5) is 10.1 Å². The highest BCUT2D eigenvalue weighted by Crippen LogP contribution is 2.16. The molecule has 0 spiro atoms. The van der Waals surface area contributed by atoms with Gasteiger partial charge in [0.1, 0.15) is 5.82 Å². The second-order valence-corrected chi connectivity index (χ2v) is 4.45. The molecule has 0 aliphatic heterocycles. The SMILES string of the molecule is CC(C)(O)CNC(=O)c1cc(F)cc([N+](=O)[O-])c1. The molecule has 0 bridgehead atoms. The van der Waals surface area contributed by atoms with Gasteiger partial charge >= 0.3 is 0 Å². The van der Waals surface area contributed by atoms with Crippen LogP contribution < -0.4 is 5.32 Å². The van der Waals surface area contributed by atoms with Gasteiger partial charge in [0.05, 0.1) is 16.6 Å². The first kappa shape index (κ1) is 14.0. The Morgan fingerprint density at radius 3 is 2.61 bits per heavy atom. The van der Waals surface area contributed by atoms with Crippen molar-refractivity contribution >= 4 is 11.6 Å². The van der Waals surface area contributed by atoms with Gasteiger partial charge in [-0.2, -0.15) is 0 Å². The smallest absolute Gasteiger partial charge is 0.273 e. The van der Waals surface area contributed by atoms with Crippen LogP contribution in [-0.4, -0.2) is 28.1 Å². The number of carbonyl (C=O) groups is 1. The Bertz CT molecular complexity index is 482. The van der Waals surface area contributed by atoms with Crippen molar-refractivity contribution in [3.05, 3.63) is 39.7 Å². The number of halogens is 1. The van der Waals surface area contributed by atoms with Crippen LogP contribution in [0.1, 0.15) is 24.2 Å². The summed E-state index contributed by atoms with van der Waals surface area (Å²) in [5.74, 6) is -1.54. The number of nitrogens with zero attached hydrogens (tertiary/aromatic N) is 1. The minimum absolute atomic E-state index is 0.0455. The summed E-state index contributed by atoms with van der Waals surface area (Å²) < 4.78 is 13.1. The van der Waals surface area contributed by atoms with E-state index in [1.807, 2.05) is 0 Å². The van der Waals surface area contributed by atoms with Gasteiger partial charge < -0.3 is 10.4 Å². The zero-order valence-electron chi connectivity index (χ0n) is 9.94. The molecule has 2 N–H and O–H groups in total. The van der Waals surface area contributed by atoms with Crippen molar-refractivity contribution in [1.29, 1.82) is 0 Å². The van der Waals surface area contributed by atoms with E-state index in [4.69, 9.17) is 0 Å². The maximum Gasteiger partial charge on any atom is 0.273 e. The lowest BCUT2D eigenvalue weighted by Crippen LogP contribution is -2.38. The third-order valence-electron chi connectivity index (χ3n) is 2.04. The largest absolute Gasteiger partial charge is 0.389 e. The minimum Gasteiger partial charge on any atom is -0.389 e. The number of nitro benzene ring substituents is 1. The summed E-state index contributed by atoms with van der Waals surface area (Å²) in [5.41, 5.74) is -1.77. The Kier molecular flexibility index (Phi) is 3.97. The van der Waals surface area contributed by atoms with Crippen LogP contribution in [0.2, 0.25) is 0 Å². The first-order valence-electron chi connectivity index (χ1n) is 5.14. The number of hydrogen-bond acceptors (Lipinski definition) is 4. The van der Waals surface area contributed by atoms with Gasteiger partial charge in [-0.3, -0.25) is 14.9 Å². The first-order chi connectivity index (χ1) is 8.19. The Labute approximate surface area is 103 Å². The summed E-state index contributed by atoms with van der Waals surface area (Å²) in [6.07, 6.45) is 0. The van der Waals surface area contributed by atoms with Gasteiger partial charge in [0.25, 0.3) is 11.6 Å². The summed E-state index contributed by atoms with van der Waals surface area (Å²) in [7, 11) is 0. The van der Waals surface area contributed by atoms with Crippen LogP contribution in [0.3, 0.4) is 0 Å². The van der Waals surface area contributed by atoms with Gasteiger partial charge in [0.2, 0.25) is 0 Å². The fourth-order valence-corrected chi connectivity index (χ4v) is 1.21. The van der Waals surface area contributed by atoms with Crippen molar-refractivity contribution in [3.8, 4) is 0 Å². The second-order valence-electron chi connectivity index (χ2n) is 4.45. The molecule has 7 heteroatoms. The third-order valence-corrected chi connectivity index (χ3v) is 2.04. The van der Waals surface area contributed by atoms with E-state index in [-0.39, 0.29) is 12.1 Å². The molecule has 0 aliphatic carbocycles. The van der Waals surface area contributed by atoms with Crippen molar-refractivity contribution in [1.82, 2.24) is 5.32 Å². The van der Waals surface area contributed by atoms with Crippen molar-refractivity contribution in [2.45, 2.75) is 19.4 Å². The molecular weight excluding hydrogens is 243 g/mol. The number of aliphatic hydroxyl groups is 1. The Balaban J connectivity index is 2.89. The number of nitro groups is 1. The summed E-state index contributed by atoms with van der Waals surface area (Å²) >= 11 is 0. The van der Waals surface area contributed by atoms with Crippen LogP contribution in [0, 0.1) is 15.9 Å². The van der Waals surface area contributed by atoms with Gasteiger partial charge in [0, 0.05) is 18.2 Å². The molecule has 0 radical (unpaired) electrons. The quantitative estimate of drug-likeness (QED) is 0.626. The molecule has 0 heterocycles. The fourth-order valence-electron chi connectivity index (χ4n) is 1.21. The highest BCUT2D eigenvalue weighted by molar-refractivity contribution is 5.94. The zero-order chi connectivity index (χ0) is 13.9. The number of rotatable bonds is 4. The molecule has 0 unspecified atom stereocenters. The molecule has 0 fully saturated rings. The van der Waals surface area contributed by atoms with Gasteiger partial charge in [-0.15, -0.1) is 0 Å². The maximum atomic E-state index is 13.1. The second kappa shape index (κ2) is 5.09. The van der Waals surface area contributed by atoms with Crippen LogP contribution in [-0.2, 0) is 0 Å². The first-order valence-corrected chi connectivity index (χ1v) is 5.14. The molecule has 0 aromatic heterocycles. The average Bonchev–Trinajstić information content (AvgIpc) is 2.23. The van der Waals surface area contributed by atoms with E-state index in [0.717, 1.165) is 18.2 Å². The van der Waals surface area contributed by atoms with E-state index < -0.39 is 27.9 Å². The van der Waals surface area contributed by atoms with Crippen molar-refractivity contribution < 1.29 is 19.2 Å². The van der Waals surface area contributed by atoms with E-state index in [1.54, 1.807) is 0 Å². The van der Waals surface area contributed by atoms with Gasteiger partial charge in [-0.05, 0) is 19.9 Å². The summed E-state index contributed by atoms with van der Waals surface area (Å²) in [6, 6.07) is 2.60. The van der Waals surface area contributed by atoms with Crippen molar-refractivity contribution in [2.75, 3.05) is 6.54 Å². The predicted molar refractivity (Wildman–Crippen MR) is 61.7 cm³/mol. The van der Waals surface area contributed by atoms with Crippen LogP contribution in [0.5, 0.6) is 0 Å². The van der Waals surface area contributed by atoms with Gasteiger partial charge in [-0.1, -0.05) is 0 Å². The van der Waals surface area contributed by atoms with Crippen LogP contribution in [0.25, 0.3) is 0 Å². The highest BCUT2D eigenvalue weighted by Gasteiger charge is 2.17. The third kappa shape index (κ3) is 4.10. The molecule has 1 amide bonds. The Hall–Kier alpha value is -2.02. The van der Waals surface area contributed by atoms with Crippen LogP contribution >= 0.6 is 0 Å². The van der Waals surface area contributed by atoms with Crippen molar-refractivity contribution in [2.24, 2.45) is 0 Å². The lowest BCUT2D eigenvalue weighted by molar-refractivity contribution is -0.385. The topological polar surface area (TPSA) is 92.5 Å².